The summed E-state index contributed by atoms with van der Waals surface area (Å²) >= 11 is 5.17. The molecule has 4 heteroatoms. The van der Waals surface area contributed by atoms with Gasteiger partial charge in [0.2, 0.25) is 0 Å². The number of carbonyl (C=O) groups excluding carboxylic acids is 1. The van der Waals surface area contributed by atoms with Crippen molar-refractivity contribution in [1.29, 1.82) is 0 Å². The first-order valence-corrected chi connectivity index (χ1v) is 7.16. The second kappa shape index (κ2) is 5.32. The Morgan fingerprint density at radius 1 is 1.56 bits per heavy atom. The third-order valence-corrected chi connectivity index (χ3v) is 4.69. The largest absolute Gasteiger partial charge is 0.299 e. The Morgan fingerprint density at radius 2 is 2.38 bits per heavy atom. The monoisotopic (exact) mass is 302 g/mol. The summed E-state index contributed by atoms with van der Waals surface area (Å²) in [7, 11) is 0. The summed E-state index contributed by atoms with van der Waals surface area (Å²) in [5, 5.41) is 0. The molecule has 0 amide bonds. The molecule has 1 aliphatic rings. The number of hydrogen-bond acceptors (Lipinski definition) is 2. The molecule has 86 valence electrons. The lowest BCUT2D eigenvalue weighted by Crippen LogP contribution is -2.16. The number of rotatable bonds is 3. The summed E-state index contributed by atoms with van der Waals surface area (Å²) in [6.07, 6.45) is 1.31. The standard InChI is InChI=1S/C12H12BrFOS/c13-11-2-1-10(14)5-9(11)6-12(15)8-3-4-16-7-8/h1-2,5,8H,3-4,6-7H2. The van der Waals surface area contributed by atoms with Crippen molar-refractivity contribution in [2.75, 3.05) is 11.5 Å². The van der Waals surface area contributed by atoms with E-state index >= 15 is 0 Å². The third kappa shape index (κ3) is 2.86. The van der Waals surface area contributed by atoms with Gasteiger partial charge in [-0.05, 0) is 35.9 Å². The number of carbonyl (C=O) groups is 1. The van der Waals surface area contributed by atoms with E-state index in [9.17, 15) is 9.18 Å². The van der Waals surface area contributed by atoms with Gasteiger partial charge in [0.25, 0.3) is 0 Å². The summed E-state index contributed by atoms with van der Waals surface area (Å²) < 4.78 is 13.9. The molecular weight excluding hydrogens is 291 g/mol. The first kappa shape index (κ1) is 12.1. The molecule has 1 aromatic carbocycles. The summed E-state index contributed by atoms with van der Waals surface area (Å²) in [4.78, 5) is 11.9. The minimum atomic E-state index is -0.285. The van der Waals surface area contributed by atoms with Crippen molar-refractivity contribution in [3.8, 4) is 0 Å². The van der Waals surface area contributed by atoms with Crippen LogP contribution in [0.15, 0.2) is 22.7 Å². The predicted octanol–water partition coefficient (Wildman–Crippen LogP) is 3.45. The zero-order chi connectivity index (χ0) is 11.5. The van der Waals surface area contributed by atoms with E-state index < -0.39 is 0 Å². The molecule has 1 unspecified atom stereocenters. The van der Waals surface area contributed by atoms with Crippen molar-refractivity contribution in [3.63, 3.8) is 0 Å². The number of halogens is 2. The molecule has 0 spiro atoms. The lowest BCUT2D eigenvalue weighted by atomic mass is 9.97. The zero-order valence-electron chi connectivity index (χ0n) is 8.71. The van der Waals surface area contributed by atoms with E-state index in [-0.39, 0.29) is 17.5 Å². The van der Waals surface area contributed by atoms with Crippen molar-refractivity contribution < 1.29 is 9.18 Å². The molecule has 16 heavy (non-hydrogen) atoms. The second-order valence-corrected chi connectivity index (χ2v) is 5.94. The van der Waals surface area contributed by atoms with Crippen molar-refractivity contribution in [3.05, 3.63) is 34.1 Å². The smallest absolute Gasteiger partial charge is 0.141 e. The maximum absolute atomic E-state index is 13.0. The predicted molar refractivity (Wildman–Crippen MR) is 68.2 cm³/mol. The Labute approximate surface area is 107 Å². The Morgan fingerprint density at radius 3 is 3.06 bits per heavy atom. The molecule has 1 nitrogen and oxygen atoms in total. The SMILES string of the molecule is O=C(Cc1cc(F)ccc1Br)C1CCSC1. The maximum atomic E-state index is 13.0. The van der Waals surface area contributed by atoms with E-state index in [0.717, 1.165) is 28.0 Å². The Balaban J connectivity index is 2.07. The van der Waals surface area contributed by atoms with Crippen LogP contribution in [0, 0.1) is 11.7 Å². The fourth-order valence-electron chi connectivity index (χ4n) is 1.80. The van der Waals surface area contributed by atoms with Gasteiger partial charge in [0.05, 0.1) is 0 Å². The Hall–Kier alpha value is -0.350. The molecule has 0 aliphatic carbocycles. The van der Waals surface area contributed by atoms with Gasteiger partial charge in [0.1, 0.15) is 11.6 Å². The molecule has 1 heterocycles. The van der Waals surface area contributed by atoms with E-state index in [4.69, 9.17) is 0 Å². The molecule has 0 N–H and O–H groups in total. The van der Waals surface area contributed by atoms with Gasteiger partial charge < -0.3 is 0 Å². The van der Waals surface area contributed by atoms with Crippen LogP contribution in [-0.2, 0) is 11.2 Å². The molecular formula is C12H12BrFOS. The van der Waals surface area contributed by atoms with E-state index in [0.29, 0.717) is 6.42 Å². The first-order chi connectivity index (χ1) is 7.66. The van der Waals surface area contributed by atoms with E-state index in [1.807, 2.05) is 11.8 Å². The molecule has 0 bridgehead atoms. The Bertz CT molecular complexity index is 402. The number of ketones is 1. The maximum Gasteiger partial charge on any atom is 0.141 e. The zero-order valence-corrected chi connectivity index (χ0v) is 11.1. The highest BCUT2D eigenvalue weighted by atomic mass is 79.9. The lowest BCUT2D eigenvalue weighted by Gasteiger charge is -2.08. The highest BCUT2D eigenvalue weighted by molar-refractivity contribution is 9.10. The van der Waals surface area contributed by atoms with Crippen LogP contribution in [0.1, 0.15) is 12.0 Å². The fraction of sp³-hybridized carbons (Fsp3) is 0.417. The van der Waals surface area contributed by atoms with Crippen LogP contribution in [-0.4, -0.2) is 17.3 Å². The summed E-state index contributed by atoms with van der Waals surface area (Å²) in [6, 6.07) is 4.48. The van der Waals surface area contributed by atoms with E-state index in [1.165, 1.54) is 12.1 Å². The Kier molecular flexibility index (Phi) is 4.03. The minimum absolute atomic E-state index is 0.167. The summed E-state index contributed by atoms with van der Waals surface area (Å²) in [6.45, 7) is 0. The van der Waals surface area contributed by atoms with Gasteiger partial charge in [0, 0.05) is 22.6 Å². The highest BCUT2D eigenvalue weighted by Crippen LogP contribution is 2.26. The lowest BCUT2D eigenvalue weighted by molar-refractivity contribution is -0.121. The van der Waals surface area contributed by atoms with Gasteiger partial charge in [-0.25, -0.2) is 4.39 Å². The topological polar surface area (TPSA) is 17.1 Å². The molecule has 0 saturated carbocycles. The molecule has 1 atom stereocenters. The molecule has 1 aliphatic heterocycles. The number of hydrogen-bond donors (Lipinski definition) is 0. The van der Waals surface area contributed by atoms with Gasteiger partial charge in [-0.2, -0.15) is 11.8 Å². The summed E-state index contributed by atoms with van der Waals surface area (Å²) in [5.41, 5.74) is 0.752. The average molecular weight is 303 g/mol. The van der Waals surface area contributed by atoms with Gasteiger partial charge in [-0.15, -0.1) is 0 Å². The van der Waals surface area contributed by atoms with E-state index in [2.05, 4.69) is 15.9 Å². The minimum Gasteiger partial charge on any atom is -0.299 e. The van der Waals surface area contributed by atoms with Crippen LogP contribution >= 0.6 is 27.7 Å². The molecule has 0 aromatic heterocycles. The van der Waals surface area contributed by atoms with Gasteiger partial charge in [-0.3, -0.25) is 4.79 Å². The van der Waals surface area contributed by atoms with Crippen molar-refractivity contribution in [2.24, 2.45) is 5.92 Å². The van der Waals surface area contributed by atoms with Crippen LogP contribution in [0.5, 0.6) is 0 Å². The van der Waals surface area contributed by atoms with Crippen molar-refractivity contribution in [1.82, 2.24) is 0 Å². The average Bonchev–Trinajstić information content (AvgIpc) is 2.76. The van der Waals surface area contributed by atoms with Crippen LogP contribution in [0.4, 0.5) is 4.39 Å². The number of benzene rings is 1. The second-order valence-electron chi connectivity index (χ2n) is 3.94. The molecule has 2 rings (SSSR count). The van der Waals surface area contributed by atoms with Crippen molar-refractivity contribution >= 4 is 33.5 Å². The molecule has 1 fully saturated rings. The van der Waals surface area contributed by atoms with Gasteiger partial charge in [-0.1, -0.05) is 15.9 Å². The number of Topliss-reactive ketones (excluding diaryl/α,β-unsaturated/α-hetero) is 1. The van der Waals surface area contributed by atoms with Crippen LogP contribution in [0.25, 0.3) is 0 Å². The van der Waals surface area contributed by atoms with E-state index in [1.54, 1.807) is 6.07 Å². The van der Waals surface area contributed by atoms with Gasteiger partial charge in [0.15, 0.2) is 0 Å². The fourth-order valence-corrected chi connectivity index (χ4v) is 3.44. The van der Waals surface area contributed by atoms with Gasteiger partial charge >= 0.3 is 0 Å². The van der Waals surface area contributed by atoms with Crippen LogP contribution in [0.2, 0.25) is 0 Å². The third-order valence-electron chi connectivity index (χ3n) is 2.76. The quantitative estimate of drug-likeness (QED) is 0.851. The molecule has 1 saturated heterocycles. The molecule has 1 aromatic rings. The van der Waals surface area contributed by atoms with Crippen LogP contribution < -0.4 is 0 Å². The molecule has 0 radical (unpaired) electrons. The highest BCUT2D eigenvalue weighted by Gasteiger charge is 2.23. The summed E-state index contributed by atoms with van der Waals surface area (Å²) in [5.74, 6) is 2.11. The normalized spacial score (nSPS) is 20.0. The van der Waals surface area contributed by atoms with Crippen LogP contribution in [0.3, 0.4) is 0 Å². The van der Waals surface area contributed by atoms with Crippen molar-refractivity contribution in [2.45, 2.75) is 12.8 Å². The first-order valence-electron chi connectivity index (χ1n) is 5.21. The number of thioether (sulfide) groups is 1.